The highest BCUT2D eigenvalue weighted by atomic mass is 16.5. The Morgan fingerprint density at radius 3 is 2.70 bits per heavy atom. The van der Waals surface area contributed by atoms with E-state index >= 15 is 0 Å². The Hall–Kier alpha value is -2.86. The SMILES string of the molecule is COc1c(-c2ncccc2C#N)ccc2ccccc12. The highest BCUT2D eigenvalue weighted by Crippen LogP contribution is 2.36. The maximum absolute atomic E-state index is 9.23. The molecule has 2 aromatic carbocycles. The molecule has 0 bridgehead atoms. The zero-order valence-corrected chi connectivity index (χ0v) is 11.0. The second-order valence-corrected chi connectivity index (χ2v) is 4.38. The molecule has 3 rings (SSSR count). The third-order valence-corrected chi connectivity index (χ3v) is 3.27. The molecule has 0 radical (unpaired) electrons. The molecule has 1 aromatic heterocycles. The van der Waals surface area contributed by atoms with Gasteiger partial charge in [-0.05, 0) is 23.6 Å². The van der Waals surface area contributed by atoms with Crippen molar-refractivity contribution in [2.75, 3.05) is 7.11 Å². The minimum atomic E-state index is 0.543. The van der Waals surface area contributed by atoms with Crippen LogP contribution in [0, 0.1) is 11.3 Å². The molecule has 0 unspecified atom stereocenters. The Morgan fingerprint density at radius 1 is 1.05 bits per heavy atom. The van der Waals surface area contributed by atoms with E-state index in [9.17, 15) is 5.26 Å². The smallest absolute Gasteiger partial charge is 0.136 e. The quantitative estimate of drug-likeness (QED) is 0.704. The zero-order valence-electron chi connectivity index (χ0n) is 11.0. The standard InChI is InChI=1S/C17H12N2O/c1-20-17-14-7-3-2-5-12(14)8-9-15(17)16-13(11-18)6-4-10-19-16/h2-10H,1H3. The number of hydrogen-bond donors (Lipinski definition) is 0. The number of fused-ring (bicyclic) bond motifs is 1. The van der Waals surface area contributed by atoms with Crippen LogP contribution in [0.3, 0.4) is 0 Å². The first-order valence-corrected chi connectivity index (χ1v) is 6.26. The van der Waals surface area contributed by atoms with Crippen molar-refractivity contribution in [3.63, 3.8) is 0 Å². The van der Waals surface area contributed by atoms with Crippen LogP contribution >= 0.6 is 0 Å². The molecule has 0 fully saturated rings. The van der Waals surface area contributed by atoms with E-state index < -0.39 is 0 Å². The molecule has 0 N–H and O–H groups in total. The molecule has 0 amide bonds. The molecule has 0 aliphatic carbocycles. The lowest BCUT2D eigenvalue weighted by Gasteiger charge is -2.12. The van der Waals surface area contributed by atoms with E-state index in [1.54, 1.807) is 25.4 Å². The van der Waals surface area contributed by atoms with Crippen LogP contribution in [0.5, 0.6) is 5.75 Å². The Labute approximate surface area is 117 Å². The van der Waals surface area contributed by atoms with E-state index in [4.69, 9.17) is 4.74 Å². The average Bonchev–Trinajstić information content (AvgIpc) is 2.53. The van der Waals surface area contributed by atoms with E-state index in [0.717, 1.165) is 22.1 Å². The molecule has 96 valence electrons. The topological polar surface area (TPSA) is 45.9 Å². The molecule has 0 aliphatic rings. The van der Waals surface area contributed by atoms with Gasteiger partial charge in [-0.1, -0.05) is 30.3 Å². The molecule has 0 atom stereocenters. The molecule has 3 aromatic rings. The summed E-state index contributed by atoms with van der Waals surface area (Å²) in [6, 6.07) is 17.7. The number of methoxy groups -OCH3 is 1. The molecule has 3 nitrogen and oxygen atoms in total. The molecule has 0 spiro atoms. The molecule has 0 saturated heterocycles. The molecular weight excluding hydrogens is 248 g/mol. The van der Waals surface area contributed by atoms with Crippen molar-refractivity contribution < 1.29 is 4.74 Å². The van der Waals surface area contributed by atoms with E-state index in [0.29, 0.717) is 11.3 Å². The maximum Gasteiger partial charge on any atom is 0.136 e. The van der Waals surface area contributed by atoms with Crippen LogP contribution < -0.4 is 4.74 Å². The summed E-state index contributed by atoms with van der Waals surface area (Å²) in [6.45, 7) is 0. The number of hydrogen-bond acceptors (Lipinski definition) is 3. The first kappa shape index (κ1) is 12.2. The van der Waals surface area contributed by atoms with Crippen molar-refractivity contribution >= 4 is 10.8 Å². The summed E-state index contributed by atoms with van der Waals surface area (Å²) in [6.07, 6.45) is 1.69. The van der Waals surface area contributed by atoms with Crippen molar-refractivity contribution in [2.24, 2.45) is 0 Å². The van der Waals surface area contributed by atoms with Crippen molar-refractivity contribution in [3.05, 3.63) is 60.3 Å². The lowest BCUT2D eigenvalue weighted by Crippen LogP contribution is -1.94. The van der Waals surface area contributed by atoms with Crippen molar-refractivity contribution in [1.82, 2.24) is 4.98 Å². The van der Waals surface area contributed by atoms with E-state index in [2.05, 4.69) is 11.1 Å². The van der Waals surface area contributed by atoms with Crippen LogP contribution in [0.25, 0.3) is 22.0 Å². The Bertz CT molecular complexity index is 819. The van der Waals surface area contributed by atoms with Gasteiger partial charge < -0.3 is 4.74 Å². The van der Waals surface area contributed by atoms with Gasteiger partial charge in [0.05, 0.1) is 18.4 Å². The normalized spacial score (nSPS) is 10.2. The molecule has 1 heterocycles. The summed E-state index contributed by atoms with van der Waals surface area (Å²) in [5, 5.41) is 11.3. The molecule has 0 aliphatic heterocycles. The number of ether oxygens (including phenoxy) is 1. The lowest BCUT2D eigenvalue weighted by molar-refractivity contribution is 0.421. The van der Waals surface area contributed by atoms with Gasteiger partial charge in [-0.3, -0.25) is 4.98 Å². The van der Waals surface area contributed by atoms with E-state index in [1.165, 1.54) is 0 Å². The summed E-state index contributed by atoms with van der Waals surface area (Å²) < 4.78 is 5.56. The third-order valence-electron chi connectivity index (χ3n) is 3.27. The number of nitrogens with zero attached hydrogens (tertiary/aromatic N) is 2. The second-order valence-electron chi connectivity index (χ2n) is 4.38. The second kappa shape index (κ2) is 5.02. The summed E-state index contributed by atoms with van der Waals surface area (Å²) in [4.78, 5) is 4.33. The highest BCUT2D eigenvalue weighted by Gasteiger charge is 2.14. The fraction of sp³-hybridized carbons (Fsp3) is 0.0588. The van der Waals surface area contributed by atoms with Crippen LogP contribution in [0.4, 0.5) is 0 Å². The molecule has 20 heavy (non-hydrogen) atoms. The van der Waals surface area contributed by atoms with Crippen LogP contribution in [0.15, 0.2) is 54.7 Å². The minimum Gasteiger partial charge on any atom is -0.495 e. The Morgan fingerprint density at radius 2 is 1.90 bits per heavy atom. The van der Waals surface area contributed by atoms with Gasteiger partial charge in [-0.2, -0.15) is 5.26 Å². The summed E-state index contributed by atoms with van der Waals surface area (Å²) in [5.41, 5.74) is 2.03. The predicted molar refractivity (Wildman–Crippen MR) is 78.4 cm³/mol. The number of benzene rings is 2. The average molecular weight is 260 g/mol. The predicted octanol–water partition coefficient (Wildman–Crippen LogP) is 3.78. The van der Waals surface area contributed by atoms with E-state index in [1.807, 2.05) is 36.4 Å². The minimum absolute atomic E-state index is 0.543. The summed E-state index contributed by atoms with van der Waals surface area (Å²) in [5.74, 6) is 0.748. The molecular formula is C17H12N2O. The summed E-state index contributed by atoms with van der Waals surface area (Å²) >= 11 is 0. The van der Waals surface area contributed by atoms with Gasteiger partial charge in [-0.25, -0.2) is 0 Å². The largest absolute Gasteiger partial charge is 0.495 e. The van der Waals surface area contributed by atoms with Gasteiger partial charge in [0.1, 0.15) is 11.8 Å². The first-order chi connectivity index (χ1) is 9.85. The molecule has 0 saturated carbocycles. The first-order valence-electron chi connectivity index (χ1n) is 6.26. The Balaban J connectivity index is 2.35. The number of rotatable bonds is 2. The zero-order chi connectivity index (χ0) is 13.9. The van der Waals surface area contributed by atoms with Gasteiger partial charge in [0.15, 0.2) is 0 Å². The molecule has 3 heteroatoms. The van der Waals surface area contributed by atoms with Gasteiger partial charge in [0, 0.05) is 17.1 Å². The highest BCUT2D eigenvalue weighted by molar-refractivity contribution is 5.95. The fourth-order valence-electron chi connectivity index (χ4n) is 2.36. The van der Waals surface area contributed by atoms with Gasteiger partial charge in [0.25, 0.3) is 0 Å². The van der Waals surface area contributed by atoms with Crippen molar-refractivity contribution in [1.29, 1.82) is 5.26 Å². The number of aromatic nitrogens is 1. The van der Waals surface area contributed by atoms with Crippen molar-refractivity contribution in [3.8, 4) is 23.1 Å². The van der Waals surface area contributed by atoms with Gasteiger partial charge >= 0.3 is 0 Å². The van der Waals surface area contributed by atoms with Crippen LogP contribution in [-0.4, -0.2) is 12.1 Å². The fourth-order valence-corrected chi connectivity index (χ4v) is 2.36. The van der Waals surface area contributed by atoms with Gasteiger partial charge in [0.2, 0.25) is 0 Å². The van der Waals surface area contributed by atoms with E-state index in [-0.39, 0.29) is 0 Å². The van der Waals surface area contributed by atoms with Crippen molar-refractivity contribution in [2.45, 2.75) is 0 Å². The summed E-state index contributed by atoms with van der Waals surface area (Å²) in [7, 11) is 1.64. The lowest BCUT2D eigenvalue weighted by atomic mass is 10.0. The van der Waals surface area contributed by atoms with Crippen LogP contribution in [-0.2, 0) is 0 Å². The van der Waals surface area contributed by atoms with Gasteiger partial charge in [-0.15, -0.1) is 0 Å². The number of pyridine rings is 1. The third kappa shape index (κ3) is 1.88. The Kier molecular flexibility index (Phi) is 3.06. The van der Waals surface area contributed by atoms with Crippen LogP contribution in [0.2, 0.25) is 0 Å². The monoisotopic (exact) mass is 260 g/mol. The number of nitriles is 1. The maximum atomic E-state index is 9.23. The van der Waals surface area contributed by atoms with Crippen LogP contribution in [0.1, 0.15) is 5.56 Å².